The van der Waals surface area contributed by atoms with Crippen LogP contribution in [0.3, 0.4) is 0 Å². The molecule has 0 spiro atoms. The van der Waals surface area contributed by atoms with E-state index in [1.54, 1.807) is 12.1 Å². The van der Waals surface area contributed by atoms with E-state index in [1.165, 1.54) is 30.3 Å². The molecule has 7 nitrogen and oxygen atoms in total. The van der Waals surface area contributed by atoms with Gasteiger partial charge in [-0.25, -0.2) is 4.39 Å². The Morgan fingerprint density at radius 1 is 1.09 bits per heavy atom. The number of benzene rings is 2. The van der Waals surface area contributed by atoms with Gasteiger partial charge in [0.15, 0.2) is 0 Å². The van der Waals surface area contributed by atoms with Crippen LogP contribution in [0, 0.1) is 5.82 Å². The Bertz CT molecular complexity index is 1130. The van der Waals surface area contributed by atoms with E-state index < -0.39 is 28.8 Å². The van der Waals surface area contributed by atoms with Crippen LogP contribution in [0.25, 0.3) is 6.08 Å². The Hall–Kier alpha value is -2.88. The summed E-state index contributed by atoms with van der Waals surface area (Å²) in [7, 11) is 0. The number of amides is 4. The Morgan fingerprint density at radius 3 is 2.59 bits per heavy atom. The first-order chi connectivity index (χ1) is 15.2. The highest BCUT2D eigenvalue weighted by atomic mass is 35.5. The Labute approximate surface area is 196 Å². The predicted molar refractivity (Wildman–Crippen MR) is 121 cm³/mol. The van der Waals surface area contributed by atoms with Crippen LogP contribution in [0.1, 0.15) is 15.9 Å². The lowest BCUT2D eigenvalue weighted by atomic mass is 10.2. The summed E-state index contributed by atoms with van der Waals surface area (Å²) in [4.78, 5) is 49.7. The molecule has 0 aliphatic carbocycles. The molecule has 2 aromatic rings. The van der Waals surface area contributed by atoms with Gasteiger partial charge in [0.2, 0.25) is 5.91 Å². The summed E-state index contributed by atoms with van der Waals surface area (Å²) in [5.41, 5.74) is 0.632. The number of thioether (sulfide) groups is 1. The highest BCUT2D eigenvalue weighted by Crippen LogP contribution is 2.33. The molecule has 0 atom stereocenters. The number of halogens is 3. The van der Waals surface area contributed by atoms with Crippen molar-refractivity contribution >= 4 is 64.0 Å². The second-order valence-electron chi connectivity index (χ2n) is 6.54. The molecule has 1 fully saturated rings. The lowest BCUT2D eigenvalue weighted by Gasteiger charge is -2.13. The molecular formula is C21H16Cl2FN3O4S. The summed E-state index contributed by atoms with van der Waals surface area (Å²) >= 11 is 12.7. The summed E-state index contributed by atoms with van der Waals surface area (Å²) in [5, 5.41) is 5.20. The van der Waals surface area contributed by atoms with Gasteiger partial charge in [0.05, 0.1) is 11.4 Å². The number of imide groups is 1. The molecule has 3 rings (SSSR count). The molecule has 1 aliphatic rings. The van der Waals surface area contributed by atoms with Crippen LogP contribution >= 0.6 is 35.0 Å². The van der Waals surface area contributed by atoms with Crippen molar-refractivity contribution in [3.05, 3.63) is 74.4 Å². The maximum absolute atomic E-state index is 13.2. The van der Waals surface area contributed by atoms with Gasteiger partial charge in [-0.05, 0) is 53.7 Å². The molecule has 2 N–H and O–H groups in total. The number of nitrogens with one attached hydrogen (secondary N) is 2. The van der Waals surface area contributed by atoms with Gasteiger partial charge in [-0.1, -0.05) is 35.3 Å². The van der Waals surface area contributed by atoms with Crippen LogP contribution in [0.5, 0.6) is 0 Å². The van der Waals surface area contributed by atoms with Crippen molar-refractivity contribution in [3.8, 4) is 0 Å². The van der Waals surface area contributed by atoms with Crippen LogP contribution in [-0.4, -0.2) is 47.5 Å². The van der Waals surface area contributed by atoms with Gasteiger partial charge >= 0.3 is 0 Å². The molecule has 4 amide bonds. The maximum Gasteiger partial charge on any atom is 0.293 e. The average Bonchev–Trinajstić information content (AvgIpc) is 3.01. The van der Waals surface area contributed by atoms with E-state index in [0.717, 1.165) is 22.7 Å². The highest BCUT2D eigenvalue weighted by molar-refractivity contribution is 8.18. The summed E-state index contributed by atoms with van der Waals surface area (Å²) in [6, 6.07) is 9.84. The van der Waals surface area contributed by atoms with Crippen molar-refractivity contribution in [1.29, 1.82) is 0 Å². The van der Waals surface area contributed by atoms with Gasteiger partial charge in [-0.3, -0.25) is 24.1 Å². The molecule has 0 bridgehead atoms. The van der Waals surface area contributed by atoms with Crippen LogP contribution in [0.2, 0.25) is 10.0 Å². The van der Waals surface area contributed by atoms with Crippen molar-refractivity contribution in [3.63, 3.8) is 0 Å². The van der Waals surface area contributed by atoms with Gasteiger partial charge in [0.1, 0.15) is 5.82 Å². The van der Waals surface area contributed by atoms with Crippen LogP contribution in [0.4, 0.5) is 9.18 Å². The molecular weight excluding hydrogens is 480 g/mol. The van der Waals surface area contributed by atoms with E-state index in [9.17, 15) is 23.6 Å². The Kier molecular flexibility index (Phi) is 7.89. The summed E-state index contributed by atoms with van der Waals surface area (Å²) in [6.07, 6.45) is 1.50. The molecule has 0 saturated carbocycles. The second-order valence-corrected chi connectivity index (χ2v) is 8.38. The third-order valence-electron chi connectivity index (χ3n) is 4.28. The molecule has 0 aromatic heterocycles. The third kappa shape index (κ3) is 6.09. The molecule has 1 saturated heterocycles. The second kappa shape index (κ2) is 10.6. The third-order valence-corrected chi connectivity index (χ3v) is 5.75. The van der Waals surface area contributed by atoms with Crippen molar-refractivity contribution < 1.29 is 23.6 Å². The minimum atomic E-state index is -0.600. The molecule has 2 aromatic carbocycles. The first kappa shape index (κ1) is 23.8. The Morgan fingerprint density at radius 2 is 1.88 bits per heavy atom. The van der Waals surface area contributed by atoms with Gasteiger partial charge < -0.3 is 10.6 Å². The normalized spacial score (nSPS) is 14.7. The zero-order valence-corrected chi connectivity index (χ0v) is 18.7. The van der Waals surface area contributed by atoms with E-state index in [4.69, 9.17) is 23.2 Å². The van der Waals surface area contributed by atoms with Gasteiger partial charge in [-0.2, -0.15) is 0 Å². The number of nitrogens with zero attached hydrogens (tertiary/aromatic N) is 1. The van der Waals surface area contributed by atoms with Gasteiger partial charge in [0, 0.05) is 28.7 Å². The Balaban J connectivity index is 1.48. The minimum Gasteiger partial charge on any atom is -0.353 e. The zero-order chi connectivity index (χ0) is 23.3. The fourth-order valence-electron chi connectivity index (χ4n) is 2.71. The van der Waals surface area contributed by atoms with E-state index >= 15 is 0 Å². The van der Waals surface area contributed by atoms with E-state index in [-0.39, 0.29) is 30.1 Å². The molecule has 0 unspecified atom stereocenters. The zero-order valence-electron chi connectivity index (χ0n) is 16.4. The van der Waals surface area contributed by atoms with Crippen LogP contribution in [0.15, 0.2) is 47.4 Å². The molecule has 0 radical (unpaired) electrons. The fourth-order valence-corrected chi connectivity index (χ4v) is 4.03. The van der Waals surface area contributed by atoms with E-state index in [2.05, 4.69) is 10.6 Å². The van der Waals surface area contributed by atoms with Crippen LogP contribution < -0.4 is 10.6 Å². The predicted octanol–water partition coefficient (Wildman–Crippen LogP) is 3.72. The topological polar surface area (TPSA) is 95.6 Å². The fraction of sp³-hybridized carbons (Fsp3) is 0.143. The quantitative estimate of drug-likeness (QED) is 0.570. The SMILES string of the molecule is O=C(CNC(=O)c1cccc(F)c1)NCCN1C(=O)S/C(=C\c2ccc(Cl)cc2Cl)C1=O. The van der Waals surface area contributed by atoms with Gasteiger partial charge in [-0.15, -0.1) is 0 Å². The molecule has 1 heterocycles. The van der Waals surface area contributed by atoms with E-state index in [1.807, 2.05) is 0 Å². The molecule has 166 valence electrons. The first-order valence-corrected chi connectivity index (χ1v) is 10.8. The molecule has 32 heavy (non-hydrogen) atoms. The number of carbonyl (C=O) groups excluding carboxylic acids is 4. The number of hydrogen-bond acceptors (Lipinski definition) is 5. The number of carbonyl (C=O) groups is 4. The summed E-state index contributed by atoms with van der Waals surface area (Å²) < 4.78 is 13.2. The highest BCUT2D eigenvalue weighted by Gasteiger charge is 2.34. The summed E-state index contributed by atoms with van der Waals surface area (Å²) in [5.74, 6) is -2.19. The minimum absolute atomic E-state index is 0.00168. The maximum atomic E-state index is 13.2. The number of rotatable bonds is 7. The average molecular weight is 496 g/mol. The van der Waals surface area contributed by atoms with Crippen molar-refractivity contribution in [2.24, 2.45) is 0 Å². The van der Waals surface area contributed by atoms with Crippen molar-refractivity contribution in [1.82, 2.24) is 15.5 Å². The molecule has 1 aliphatic heterocycles. The molecule has 11 heteroatoms. The van der Waals surface area contributed by atoms with Crippen LogP contribution in [-0.2, 0) is 9.59 Å². The number of hydrogen-bond donors (Lipinski definition) is 2. The van der Waals surface area contributed by atoms with Crippen molar-refractivity contribution in [2.75, 3.05) is 19.6 Å². The van der Waals surface area contributed by atoms with E-state index in [0.29, 0.717) is 15.6 Å². The van der Waals surface area contributed by atoms with Crippen molar-refractivity contribution in [2.45, 2.75) is 0 Å². The lowest BCUT2D eigenvalue weighted by molar-refractivity contribution is -0.124. The lowest BCUT2D eigenvalue weighted by Crippen LogP contribution is -2.41. The largest absolute Gasteiger partial charge is 0.353 e. The smallest absolute Gasteiger partial charge is 0.293 e. The first-order valence-electron chi connectivity index (χ1n) is 9.25. The monoisotopic (exact) mass is 495 g/mol. The standard InChI is InChI=1S/C21H16Cl2FN3O4S/c22-14-5-4-12(16(23)10-14)9-17-20(30)27(21(31)32-17)7-6-25-18(28)11-26-19(29)13-2-1-3-15(24)8-13/h1-5,8-10H,6-7,11H2,(H,25,28)(H,26,29)/b17-9-. The summed E-state index contributed by atoms with van der Waals surface area (Å²) in [6.45, 7) is -0.381. The van der Waals surface area contributed by atoms with Gasteiger partial charge in [0.25, 0.3) is 17.1 Å².